The van der Waals surface area contributed by atoms with Crippen molar-refractivity contribution in [1.29, 1.82) is 0 Å². The van der Waals surface area contributed by atoms with Gasteiger partial charge in [-0.3, -0.25) is 9.69 Å². The van der Waals surface area contributed by atoms with Gasteiger partial charge in [-0.1, -0.05) is 0 Å². The molecule has 20 heavy (non-hydrogen) atoms. The van der Waals surface area contributed by atoms with Crippen LogP contribution in [0.1, 0.15) is 30.5 Å². The zero-order valence-corrected chi connectivity index (χ0v) is 11.8. The molecule has 0 spiro atoms. The second-order valence-electron chi connectivity index (χ2n) is 5.58. The number of piperazine rings is 1. The van der Waals surface area contributed by atoms with Gasteiger partial charge in [-0.25, -0.2) is 0 Å². The summed E-state index contributed by atoms with van der Waals surface area (Å²) in [6.07, 6.45) is 2.45. The lowest BCUT2D eigenvalue weighted by Crippen LogP contribution is -2.49. The van der Waals surface area contributed by atoms with Crippen LogP contribution in [0.25, 0.3) is 0 Å². The van der Waals surface area contributed by atoms with Gasteiger partial charge in [-0.2, -0.15) is 0 Å². The third-order valence-electron chi connectivity index (χ3n) is 4.07. The van der Waals surface area contributed by atoms with Gasteiger partial charge in [0.05, 0.1) is 6.54 Å². The Hall–Kier alpha value is -1.47. The van der Waals surface area contributed by atoms with E-state index in [1.165, 1.54) is 12.8 Å². The number of hydrogen-bond donors (Lipinski definition) is 1. The largest absolute Gasteiger partial charge is 0.387 e. The first-order valence-electron chi connectivity index (χ1n) is 7.20. The number of carbonyl (C=O) groups excluding carboxylic acids is 1. The average molecular weight is 279 g/mol. The first-order valence-corrected chi connectivity index (χ1v) is 7.20. The van der Waals surface area contributed by atoms with Crippen LogP contribution in [0.15, 0.2) is 0 Å². The number of hydrogen-bond acceptors (Lipinski definition) is 5. The van der Waals surface area contributed by atoms with Gasteiger partial charge in [0.15, 0.2) is 0 Å². The molecule has 1 aromatic rings. The predicted octanol–water partition coefficient (Wildman–Crippen LogP) is -0.442. The van der Waals surface area contributed by atoms with Crippen LogP contribution in [-0.2, 0) is 11.3 Å². The van der Waals surface area contributed by atoms with Crippen molar-refractivity contribution in [3.8, 4) is 0 Å². The summed E-state index contributed by atoms with van der Waals surface area (Å²) in [6, 6.07) is 0.595. The maximum absolute atomic E-state index is 11.4. The van der Waals surface area contributed by atoms with E-state index in [1.54, 1.807) is 4.90 Å². The van der Waals surface area contributed by atoms with Crippen molar-refractivity contribution in [1.82, 2.24) is 24.6 Å². The Kier molecular flexibility index (Phi) is 3.71. The molecule has 0 bridgehead atoms. The van der Waals surface area contributed by atoms with Crippen LogP contribution in [0.5, 0.6) is 0 Å². The minimum absolute atomic E-state index is 0.179. The minimum atomic E-state index is -0.394. The summed E-state index contributed by atoms with van der Waals surface area (Å²) in [6.45, 7) is 5.40. The van der Waals surface area contributed by atoms with Crippen LogP contribution in [0, 0.1) is 6.92 Å². The number of amides is 1. The third-order valence-corrected chi connectivity index (χ3v) is 4.07. The maximum atomic E-state index is 11.4. The molecule has 7 heteroatoms. The molecule has 2 fully saturated rings. The van der Waals surface area contributed by atoms with Gasteiger partial charge >= 0.3 is 0 Å². The third kappa shape index (κ3) is 2.69. The molecule has 2 aliphatic rings. The van der Waals surface area contributed by atoms with Crippen LogP contribution in [-0.4, -0.2) is 68.4 Å². The molecule has 1 N–H and O–H groups in total. The lowest BCUT2D eigenvalue weighted by Gasteiger charge is -2.34. The number of nitrogens with zero attached hydrogens (tertiary/aromatic N) is 5. The van der Waals surface area contributed by atoms with E-state index in [4.69, 9.17) is 5.11 Å². The normalized spacial score (nSPS) is 20.4. The van der Waals surface area contributed by atoms with Crippen molar-refractivity contribution in [2.24, 2.45) is 0 Å². The van der Waals surface area contributed by atoms with Crippen LogP contribution < -0.4 is 0 Å². The molecule has 1 amide bonds. The highest BCUT2D eigenvalue weighted by molar-refractivity contribution is 5.77. The highest BCUT2D eigenvalue weighted by atomic mass is 16.3. The Morgan fingerprint density at radius 2 is 1.95 bits per heavy atom. The van der Waals surface area contributed by atoms with E-state index in [9.17, 15) is 4.79 Å². The average Bonchev–Trinajstić information content (AvgIpc) is 3.24. The van der Waals surface area contributed by atoms with E-state index in [2.05, 4.69) is 19.7 Å². The summed E-state index contributed by atoms with van der Waals surface area (Å²) in [5, 5.41) is 17.3. The Labute approximate surface area is 118 Å². The topological polar surface area (TPSA) is 74.5 Å². The Morgan fingerprint density at radius 1 is 1.25 bits per heavy atom. The van der Waals surface area contributed by atoms with Gasteiger partial charge in [0.25, 0.3) is 0 Å². The first-order chi connectivity index (χ1) is 9.69. The van der Waals surface area contributed by atoms with Crippen LogP contribution in [0.2, 0.25) is 0 Å². The molecule has 1 aliphatic heterocycles. The summed E-state index contributed by atoms with van der Waals surface area (Å²) >= 11 is 0. The fourth-order valence-corrected chi connectivity index (χ4v) is 2.78. The Morgan fingerprint density at radius 3 is 2.55 bits per heavy atom. The van der Waals surface area contributed by atoms with Gasteiger partial charge in [-0.05, 0) is 19.8 Å². The van der Waals surface area contributed by atoms with E-state index in [-0.39, 0.29) is 5.91 Å². The number of aryl methyl sites for hydroxylation is 1. The molecule has 3 rings (SSSR count). The Bertz CT molecular complexity index is 489. The monoisotopic (exact) mass is 279 g/mol. The standard InChI is InChI=1S/C13H21N5O2/c1-10-14-15-12(18(10)11-2-3-11)8-16-4-6-17(7-5-16)13(20)9-19/h11,19H,2-9H2,1H3. The molecular formula is C13H21N5O2. The quantitative estimate of drug-likeness (QED) is 0.808. The molecule has 0 aromatic carbocycles. The first kappa shape index (κ1) is 13.5. The summed E-state index contributed by atoms with van der Waals surface area (Å²) < 4.78 is 2.26. The van der Waals surface area contributed by atoms with E-state index in [1.807, 2.05) is 6.92 Å². The summed E-state index contributed by atoms with van der Waals surface area (Å²) in [5.41, 5.74) is 0. The van der Waals surface area contributed by atoms with Gasteiger partial charge in [0, 0.05) is 32.2 Å². The fourth-order valence-electron chi connectivity index (χ4n) is 2.78. The van der Waals surface area contributed by atoms with Gasteiger partial charge in [-0.15, -0.1) is 10.2 Å². The zero-order valence-electron chi connectivity index (χ0n) is 11.8. The molecule has 1 aromatic heterocycles. The van der Waals surface area contributed by atoms with Crippen molar-refractivity contribution >= 4 is 5.91 Å². The fraction of sp³-hybridized carbons (Fsp3) is 0.769. The molecule has 2 heterocycles. The van der Waals surface area contributed by atoms with Crippen LogP contribution in [0.4, 0.5) is 0 Å². The highest BCUT2D eigenvalue weighted by Crippen LogP contribution is 2.36. The maximum Gasteiger partial charge on any atom is 0.248 e. The van der Waals surface area contributed by atoms with Crippen LogP contribution in [0.3, 0.4) is 0 Å². The van der Waals surface area contributed by atoms with Crippen molar-refractivity contribution in [2.45, 2.75) is 32.4 Å². The number of aliphatic hydroxyl groups excluding tert-OH is 1. The smallest absolute Gasteiger partial charge is 0.248 e. The second-order valence-corrected chi connectivity index (χ2v) is 5.58. The molecule has 7 nitrogen and oxygen atoms in total. The lowest BCUT2D eigenvalue weighted by atomic mass is 10.3. The molecule has 0 radical (unpaired) electrons. The van der Waals surface area contributed by atoms with E-state index in [0.29, 0.717) is 19.1 Å². The summed E-state index contributed by atoms with van der Waals surface area (Å²) in [7, 11) is 0. The number of carbonyl (C=O) groups is 1. The van der Waals surface area contributed by atoms with E-state index >= 15 is 0 Å². The zero-order chi connectivity index (χ0) is 14.1. The number of rotatable bonds is 4. The lowest BCUT2D eigenvalue weighted by molar-refractivity contribution is -0.136. The SMILES string of the molecule is Cc1nnc(CN2CCN(C(=O)CO)CC2)n1C1CC1. The molecule has 110 valence electrons. The van der Waals surface area contributed by atoms with Gasteiger partial charge in [0.2, 0.25) is 5.91 Å². The highest BCUT2D eigenvalue weighted by Gasteiger charge is 2.29. The van der Waals surface area contributed by atoms with Crippen molar-refractivity contribution in [3.05, 3.63) is 11.6 Å². The molecule has 0 unspecified atom stereocenters. The summed E-state index contributed by atoms with van der Waals surface area (Å²) in [4.78, 5) is 15.4. The van der Waals surface area contributed by atoms with Crippen LogP contribution >= 0.6 is 0 Å². The van der Waals surface area contributed by atoms with E-state index in [0.717, 1.165) is 31.3 Å². The molecule has 1 saturated carbocycles. The molecular weight excluding hydrogens is 258 g/mol. The van der Waals surface area contributed by atoms with Crippen molar-refractivity contribution in [2.75, 3.05) is 32.8 Å². The predicted molar refractivity (Wildman–Crippen MR) is 72.0 cm³/mol. The number of aromatic nitrogens is 3. The second kappa shape index (κ2) is 5.49. The molecule has 0 atom stereocenters. The minimum Gasteiger partial charge on any atom is -0.387 e. The van der Waals surface area contributed by atoms with Crippen molar-refractivity contribution in [3.63, 3.8) is 0 Å². The summed E-state index contributed by atoms with van der Waals surface area (Å²) in [5.74, 6) is 1.85. The van der Waals surface area contributed by atoms with Gasteiger partial charge in [0.1, 0.15) is 18.3 Å². The Balaban J connectivity index is 1.59. The molecule has 1 aliphatic carbocycles. The van der Waals surface area contributed by atoms with Crippen molar-refractivity contribution < 1.29 is 9.90 Å². The number of aliphatic hydroxyl groups is 1. The molecule has 1 saturated heterocycles. The van der Waals surface area contributed by atoms with E-state index < -0.39 is 6.61 Å². The van der Waals surface area contributed by atoms with Gasteiger partial charge < -0.3 is 14.6 Å².